The second kappa shape index (κ2) is 6.42. The summed E-state index contributed by atoms with van der Waals surface area (Å²) in [4.78, 5) is 11.8. The molecule has 1 fully saturated rings. The molecule has 0 spiro atoms. The Hall–Kier alpha value is -0.520. The van der Waals surface area contributed by atoms with Crippen LogP contribution in [0.2, 0.25) is 0 Å². The van der Waals surface area contributed by atoms with Crippen molar-refractivity contribution in [1.29, 1.82) is 0 Å². The zero-order chi connectivity index (χ0) is 12.1. The van der Waals surface area contributed by atoms with Crippen LogP contribution in [0, 0.1) is 0 Å². The Labute approximate surface area is 114 Å². The zero-order valence-electron chi connectivity index (χ0n) is 9.41. The maximum absolute atomic E-state index is 11.8. The molecule has 92 valence electrons. The monoisotopic (exact) mass is 314 g/mol. The lowest BCUT2D eigenvalue weighted by Crippen LogP contribution is -2.39. The molecular weight excluding hydrogens is 300 g/mol. The van der Waals surface area contributed by atoms with Crippen molar-refractivity contribution in [3.63, 3.8) is 0 Å². The molecule has 17 heavy (non-hydrogen) atoms. The summed E-state index contributed by atoms with van der Waals surface area (Å²) in [7, 11) is 0. The van der Waals surface area contributed by atoms with Gasteiger partial charge in [0.05, 0.1) is 0 Å². The quantitative estimate of drug-likeness (QED) is 0.900. The summed E-state index contributed by atoms with van der Waals surface area (Å²) in [6.45, 7) is 1.00. The van der Waals surface area contributed by atoms with Crippen LogP contribution < -0.4 is 10.6 Å². The smallest absolute Gasteiger partial charge is 0.225 e. The predicted molar refractivity (Wildman–Crippen MR) is 76.5 cm³/mol. The molecule has 1 heterocycles. The Balaban J connectivity index is 1.82. The van der Waals surface area contributed by atoms with E-state index >= 15 is 0 Å². The van der Waals surface area contributed by atoms with Gasteiger partial charge in [-0.15, -0.1) is 0 Å². The fraction of sp³-hybridized carbons (Fsp3) is 0.417. The Morgan fingerprint density at radius 2 is 2.24 bits per heavy atom. The minimum absolute atomic E-state index is 0.0762. The number of thioether (sulfide) groups is 1. The molecule has 1 amide bonds. The number of hydrogen-bond donors (Lipinski definition) is 2. The highest BCUT2D eigenvalue weighted by Crippen LogP contribution is 2.15. The average molecular weight is 315 g/mol. The number of halogens is 1. The van der Waals surface area contributed by atoms with E-state index in [1.54, 1.807) is 0 Å². The van der Waals surface area contributed by atoms with Crippen molar-refractivity contribution in [2.45, 2.75) is 12.5 Å². The lowest BCUT2D eigenvalue weighted by Gasteiger charge is -2.22. The van der Waals surface area contributed by atoms with E-state index in [1.807, 2.05) is 36.0 Å². The Bertz CT molecular complexity index is 377. The van der Waals surface area contributed by atoms with Gasteiger partial charge in [0.1, 0.15) is 0 Å². The molecule has 0 aliphatic carbocycles. The summed E-state index contributed by atoms with van der Waals surface area (Å²) in [5.41, 5.74) is 0.849. The highest BCUT2D eigenvalue weighted by atomic mass is 79.9. The fourth-order valence-electron chi connectivity index (χ4n) is 1.72. The first kappa shape index (κ1) is 12.9. The summed E-state index contributed by atoms with van der Waals surface area (Å²) in [5, 5.41) is 6.26. The molecule has 0 radical (unpaired) electrons. The fourth-order valence-corrected chi connectivity index (χ4v) is 2.93. The molecule has 1 aromatic rings. The molecule has 1 unspecified atom stereocenters. The maximum Gasteiger partial charge on any atom is 0.225 e. The van der Waals surface area contributed by atoms with Gasteiger partial charge in [-0.05, 0) is 24.3 Å². The Kier molecular flexibility index (Phi) is 4.88. The number of hydrogen-bond acceptors (Lipinski definition) is 3. The standard InChI is InChI=1S/C12H15BrN2OS/c13-9-1-3-10(4-2-9)15-12(16)7-11-8-17-6-5-14-11/h1-4,11,14H,5-8H2,(H,15,16). The number of amides is 1. The van der Waals surface area contributed by atoms with Crippen LogP contribution >= 0.6 is 27.7 Å². The van der Waals surface area contributed by atoms with E-state index in [9.17, 15) is 4.79 Å². The molecule has 1 aliphatic rings. The molecule has 2 rings (SSSR count). The van der Waals surface area contributed by atoms with Crippen molar-refractivity contribution in [1.82, 2.24) is 5.32 Å². The molecule has 0 saturated carbocycles. The van der Waals surface area contributed by atoms with Gasteiger partial charge in [-0.2, -0.15) is 11.8 Å². The first-order chi connectivity index (χ1) is 8.24. The first-order valence-corrected chi connectivity index (χ1v) is 7.55. The number of nitrogens with one attached hydrogen (secondary N) is 2. The molecule has 0 aromatic heterocycles. The predicted octanol–water partition coefficient (Wildman–Crippen LogP) is 2.48. The number of carbonyl (C=O) groups is 1. The third kappa shape index (κ3) is 4.33. The van der Waals surface area contributed by atoms with Crippen LogP contribution in [0.25, 0.3) is 0 Å². The second-order valence-corrected chi connectivity index (χ2v) is 6.05. The Morgan fingerprint density at radius 1 is 1.47 bits per heavy atom. The van der Waals surface area contributed by atoms with Crippen LogP contribution in [0.1, 0.15) is 6.42 Å². The molecule has 3 nitrogen and oxygen atoms in total. The minimum atomic E-state index is 0.0762. The third-order valence-electron chi connectivity index (χ3n) is 2.56. The van der Waals surface area contributed by atoms with Crippen molar-refractivity contribution in [3.05, 3.63) is 28.7 Å². The lowest BCUT2D eigenvalue weighted by atomic mass is 10.2. The van der Waals surface area contributed by atoms with Gasteiger partial charge in [-0.25, -0.2) is 0 Å². The Morgan fingerprint density at radius 3 is 2.88 bits per heavy atom. The largest absolute Gasteiger partial charge is 0.326 e. The van der Waals surface area contributed by atoms with Crippen LogP contribution in [-0.2, 0) is 4.79 Å². The summed E-state index contributed by atoms with van der Waals surface area (Å²) in [5.74, 6) is 2.24. The van der Waals surface area contributed by atoms with Crippen molar-refractivity contribution in [2.24, 2.45) is 0 Å². The highest BCUT2D eigenvalue weighted by Gasteiger charge is 2.16. The van der Waals surface area contributed by atoms with E-state index in [4.69, 9.17) is 0 Å². The van der Waals surface area contributed by atoms with Crippen LogP contribution in [0.4, 0.5) is 5.69 Å². The van der Waals surface area contributed by atoms with Gasteiger partial charge in [0.15, 0.2) is 0 Å². The number of carbonyl (C=O) groups excluding carboxylic acids is 1. The molecule has 5 heteroatoms. The second-order valence-electron chi connectivity index (χ2n) is 3.99. The molecule has 1 saturated heterocycles. The van der Waals surface area contributed by atoms with E-state index in [0.717, 1.165) is 28.2 Å². The summed E-state index contributed by atoms with van der Waals surface area (Å²) >= 11 is 5.27. The van der Waals surface area contributed by atoms with Crippen LogP contribution in [0.3, 0.4) is 0 Å². The zero-order valence-corrected chi connectivity index (χ0v) is 11.8. The van der Waals surface area contributed by atoms with E-state index in [-0.39, 0.29) is 5.91 Å². The first-order valence-electron chi connectivity index (χ1n) is 5.60. The summed E-state index contributed by atoms with van der Waals surface area (Å²) < 4.78 is 1.01. The molecule has 1 aliphatic heterocycles. The number of benzene rings is 1. The normalized spacial score (nSPS) is 19.9. The highest BCUT2D eigenvalue weighted by molar-refractivity contribution is 9.10. The van der Waals surface area contributed by atoms with Gasteiger partial charge in [0.2, 0.25) is 5.91 Å². The van der Waals surface area contributed by atoms with Gasteiger partial charge < -0.3 is 10.6 Å². The topological polar surface area (TPSA) is 41.1 Å². The molecule has 1 atom stereocenters. The molecule has 0 bridgehead atoms. The number of rotatable bonds is 3. The van der Waals surface area contributed by atoms with Gasteiger partial charge in [0.25, 0.3) is 0 Å². The van der Waals surface area contributed by atoms with Gasteiger partial charge >= 0.3 is 0 Å². The van der Waals surface area contributed by atoms with Gasteiger partial charge in [-0.3, -0.25) is 4.79 Å². The van der Waals surface area contributed by atoms with Crippen molar-refractivity contribution in [3.8, 4) is 0 Å². The van der Waals surface area contributed by atoms with E-state index in [1.165, 1.54) is 0 Å². The minimum Gasteiger partial charge on any atom is -0.326 e. The summed E-state index contributed by atoms with van der Waals surface area (Å²) in [6, 6.07) is 7.94. The van der Waals surface area contributed by atoms with Crippen molar-refractivity contribution in [2.75, 3.05) is 23.4 Å². The maximum atomic E-state index is 11.8. The average Bonchev–Trinajstić information content (AvgIpc) is 2.33. The van der Waals surface area contributed by atoms with Crippen LogP contribution in [0.5, 0.6) is 0 Å². The summed E-state index contributed by atoms with van der Waals surface area (Å²) in [6.07, 6.45) is 0.545. The lowest BCUT2D eigenvalue weighted by molar-refractivity contribution is -0.116. The van der Waals surface area contributed by atoms with Gasteiger partial charge in [-0.1, -0.05) is 15.9 Å². The van der Waals surface area contributed by atoms with E-state index in [0.29, 0.717) is 12.5 Å². The number of anilines is 1. The van der Waals surface area contributed by atoms with E-state index in [2.05, 4.69) is 26.6 Å². The molecular formula is C12H15BrN2OS. The molecule has 1 aromatic carbocycles. The van der Waals surface area contributed by atoms with Crippen molar-refractivity contribution >= 4 is 39.3 Å². The van der Waals surface area contributed by atoms with Gasteiger partial charge in [0, 0.05) is 40.7 Å². The van der Waals surface area contributed by atoms with Crippen LogP contribution in [-0.4, -0.2) is 30.0 Å². The van der Waals surface area contributed by atoms with E-state index < -0.39 is 0 Å². The molecule has 2 N–H and O–H groups in total. The SMILES string of the molecule is O=C(CC1CSCCN1)Nc1ccc(Br)cc1. The van der Waals surface area contributed by atoms with Crippen LogP contribution in [0.15, 0.2) is 28.7 Å². The third-order valence-corrected chi connectivity index (χ3v) is 4.22. The van der Waals surface area contributed by atoms with Crippen molar-refractivity contribution < 1.29 is 4.79 Å².